The second-order valence-electron chi connectivity index (χ2n) is 11.0. The van der Waals surface area contributed by atoms with Crippen LogP contribution in [0, 0.1) is 3.57 Å². The van der Waals surface area contributed by atoms with Crippen molar-refractivity contribution in [1.29, 1.82) is 0 Å². The third-order valence-corrected chi connectivity index (χ3v) is 10.1. The van der Waals surface area contributed by atoms with Gasteiger partial charge in [0.1, 0.15) is 17.9 Å². The number of amidine groups is 1. The van der Waals surface area contributed by atoms with Gasteiger partial charge in [0.2, 0.25) is 5.91 Å². The molecule has 0 aromatic heterocycles. The van der Waals surface area contributed by atoms with Gasteiger partial charge in [0, 0.05) is 10.7 Å². The van der Waals surface area contributed by atoms with E-state index in [1.54, 1.807) is 49.4 Å². The smallest absolute Gasteiger partial charge is 0.285 e. The van der Waals surface area contributed by atoms with E-state index in [0.717, 1.165) is 32.0 Å². The third kappa shape index (κ3) is 9.97. The zero-order valence-electron chi connectivity index (χ0n) is 27.4. The molecule has 1 aliphatic heterocycles. The molecule has 1 heterocycles. The molecular weight excluding hydrogens is 861 g/mol. The van der Waals surface area contributed by atoms with Gasteiger partial charge >= 0.3 is 0 Å². The average Bonchev–Trinajstić information content (AvgIpc) is 3.13. The minimum absolute atomic E-state index is 0.0874. The van der Waals surface area contributed by atoms with E-state index in [4.69, 9.17) is 16.3 Å². The molecule has 0 spiro atoms. The summed E-state index contributed by atoms with van der Waals surface area (Å²) in [5.41, 5.74) is 3.75. The first-order chi connectivity index (χ1) is 24.7. The van der Waals surface area contributed by atoms with Crippen LogP contribution < -0.4 is 10.1 Å². The summed E-state index contributed by atoms with van der Waals surface area (Å²) in [7, 11) is 0. The number of allylic oxidation sites excluding steroid dienone is 4. The first-order valence-electron chi connectivity index (χ1n) is 15.7. The molecular formula is C40H32BrClIN3O4S. The zero-order chi connectivity index (χ0) is 36.3. The molecule has 0 saturated heterocycles. The highest BCUT2D eigenvalue weighted by Gasteiger charge is 2.35. The van der Waals surface area contributed by atoms with Crippen LogP contribution in [-0.2, 0) is 21.0 Å². The molecule has 0 bridgehead atoms. The Morgan fingerprint density at radius 1 is 1.04 bits per heavy atom. The lowest BCUT2D eigenvalue weighted by Gasteiger charge is -2.28. The van der Waals surface area contributed by atoms with Crippen LogP contribution in [0.1, 0.15) is 35.2 Å². The van der Waals surface area contributed by atoms with Crippen LogP contribution in [0.15, 0.2) is 149 Å². The summed E-state index contributed by atoms with van der Waals surface area (Å²) in [5, 5.41) is 3.84. The van der Waals surface area contributed by atoms with E-state index in [2.05, 4.69) is 55.4 Å². The minimum atomic E-state index is -0.706. The van der Waals surface area contributed by atoms with Crippen LogP contribution >= 0.6 is 61.9 Å². The molecule has 0 atom stereocenters. The van der Waals surface area contributed by atoms with Crippen molar-refractivity contribution in [1.82, 2.24) is 10.2 Å². The molecule has 0 fully saturated rings. The Morgan fingerprint density at radius 2 is 1.69 bits per heavy atom. The summed E-state index contributed by atoms with van der Waals surface area (Å²) in [6.07, 6.45) is 8.21. The van der Waals surface area contributed by atoms with Crippen LogP contribution in [0.25, 0.3) is 6.08 Å². The number of amides is 3. The van der Waals surface area contributed by atoms with E-state index >= 15 is 0 Å². The molecule has 0 radical (unpaired) electrons. The highest BCUT2D eigenvalue weighted by atomic mass is 127. The molecule has 1 aliphatic rings. The fourth-order valence-corrected chi connectivity index (χ4v) is 7.80. The van der Waals surface area contributed by atoms with Crippen LogP contribution in [-0.4, -0.2) is 33.5 Å². The molecule has 11 heteroatoms. The molecule has 7 nitrogen and oxygen atoms in total. The number of nitrogens with zero attached hydrogens (tertiary/aromatic N) is 2. The van der Waals surface area contributed by atoms with Gasteiger partial charge in [-0.05, 0) is 104 Å². The number of aliphatic imine (C=N–C) groups is 1. The SMILES string of the molecule is C=C/C=C\C(=C/C)N1C(=O)/C(=C/c2cc(Br)c(OCc3ccc(Cl)cc3)c(I)c2)C(=O)N=C1SCC(=O)NC(c1ccccc1)c1ccccc1. The van der Waals surface area contributed by atoms with Gasteiger partial charge in [-0.3, -0.25) is 19.3 Å². The van der Waals surface area contributed by atoms with Crippen molar-refractivity contribution in [3.8, 4) is 5.75 Å². The van der Waals surface area contributed by atoms with Gasteiger partial charge < -0.3 is 10.1 Å². The quantitative estimate of drug-likeness (QED) is 0.0663. The van der Waals surface area contributed by atoms with Gasteiger partial charge in [-0.15, -0.1) is 0 Å². The summed E-state index contributed by atoms with van der Waals surface area (Å²) in [6.45, 7) is 5.84. The van der Waals surface area contributed by atoms with Crippen molar-refractivity contribution in [2.24, 2.45) is 4.99 Å². The summed E-state index contributed by atoms with van der Waals surface area (Å²) in [6, 6.07) is 29.9. The first kappa shape index (κ1) is 38.0. The number of hydrogen-bond donors (Lipinski definition) is 1. The zero-order valence-corrected chi connectivity index (χ0v) is 32.7. The number of thioether (sulfide) groups is 1. The Kier molecular flexibility index (Phi) is 13.7. The van der Waals surface area contributed by atoms with Crippen molar-refractivity contribution in [3.63, 3.8) is 0 Å². The number of hydrogen-bond acceptors (Lipinski definition) is 5. The molecule has 258 valence electrons. The van der Waals surface area contributed by atoms with Crippen molar-refractivity contribution in [3.05, 3.63) is 175 Å². The van der Waals surface area contributed by atoms with Gasteiger partial charge in [0.15, 0.2) is 5.17 Å². The number of ether oxygens (including phenoxy) is 1. The largest absolute Gasteiger partial charge is 0.487 e. The van der Waals surface area contributed by atoms with Gasteiger partial charge in [-0.2, -0.15) is 4.99 Å². The summed E-state index contributed by atoms with van der Waals surface area (Å²) in [5.74, 6) is -1.03. The summed E-state index contributed by atoms with van der Waals surface area (Å²) in [4.78, 5) is 46.7. The van der Waals surface area contributed by atoms with Crippen LogP contribution in [0.2, 0.25) is 5.02 Å². The number of carbonyl (C=O) groups excluding carboxylic acids is 3. The van der Waals surface area contributed by atoms with Crippen molar-refractivity contribution in [2.45, 2.75) is 19.6 Å². The Morgan fingerprint density at radius 3 is 2.27 bits per heavy atom. The molecule has 1 N–H and O–H groups in total. The molecule has 0 saturated carbocycles. The topological polar surface area (TPSA) is 88.1 Å². The van der Waals surface area contributed by atoms with Crippen molar-refractivity contribution >= 4 is 90.8 Å². The molecule has 0 aliphatic carbocycles. The fraction of sp³-hybridized carbons (Fsp3) is 0.100. The first-order valence-corrected chi connectivity index (χ1v) is 18.9. The van der Waals surface area contributed by atoms with E-state index < -0.39 is 11.8 Å². The Bertz CT molecular complexity index is 1990. The maximum absolute atomic E-state index is 14.1. The average molecular weight is 893 g/mol. The lowest BCUT2D eigenvalue weighted by molar-refractivity contribution is -0.126. The lowest BCUT2D eigenvalue weighted by Crippen LogP contribution is -2.42. The maximum Gasteiger partial charge on any atom is 0.285 e. The van der Waals surface area contributed by atoms with E-state index in [0.29, 0.717) is 33.1 Å². The van der Waals surface area contributed by atoms with Gasteiger partial charge in [-0.25, -0.2) is 0 Å². The van der Waals surface area contributed by atoms with Crippen molar-refractivity contribution in [2.75, 3.05) is 5.75 Å². The fourth-order valence-electron chi connectivity index (χ4n) is 5.10. The van der Waals surface area contributed by atoms with Crippen molar-refractivity contribution < 1.29 is 19.1 Å². The van der Waals surface area contributed by atoms with E-state index in [-0.39, 0.29) is 28.4 Å². The number of carbonyl (C=O) groups is 3. The molecule has 4 aromatic rings. The lowest BCUT2D eigenvalue weighted by atomic mass is 9.99. The van der Waals surface area contributed by atoms with Crippen LogP contribution in [0.4, 0.5) is 0 Å². The molecule has 0 unspecified atom stereocenters. The van der Waals surface area contributed by atoms with E-state index in [1.165, 1.54) is 11.0 Å². The number of rotatable bonds is 12. The Labute approximate surface area is 328 Å². The second kappa shape index (κ2) is 18.3. The number of halogens is 3. The number of benzene rings is 4. The van der Waals surface area contributed by atoms with Gasteiger partial charge in [0.05, 0.1) is 19.8 Å². The Hall–Kier alpha value is -4.23. The predicted molar refractivity (Wildman–Crippen MR) is 218 cm³/mol. The van der Waals surface area contributed by atoms with Gasteiger partial charge in [-0.1, -0.05) is 121 Å². The minimum Gasteiger partial charge on any atom is -0.487 e. The predicted octanol–water partition coefficient (Wildman–Crippen LogP) is 9.68. The van der Waals surface area contributed by atoms with E-state index in [9.17, 15) is 14.4 Å². The Balaban J connectivity index is 1.39. The van der Waals surface area contributed by atoms with Crippen LogP contribution in [0.3, 0.4) is 0 Å². The monoisotopic (exact) mass is 891 g/mol. The maximum atomic E-state index is 14.1. The number of nitrogens with one attached hydrogen (secondary N) is 1. The summed E-state index contributed by atoms with van der Waals surface area (Å²) >= 11 is 12.8. The molecule has 5 rings (SSSR count). The highest BCUT2D eigenvalue weighted by molar-refractivity contribution is 14.1. The second-order valence-corrected chi connectivity index (χ2v) is 14.4. The molecule has 51 heavy (non-hydrogen) atoms. The standard InChI is InChI=1S/C40H32BrClIN3O4S/c1-3-5-16-31(4-2)46-39(49)32(21-27-22-33(41)37(34(43)23-27)50-24-26-17-19-30(42)20-18-26)38(48)45-40(46)51-25-35(47)44-36(28-12-8-6-9-13-28)29-14-10-7-11-15-29/h3-23,36H,1,24-25H2,2H3,(H,44,47)/b16-5-,31-4+,32-21+. The highest BCUT2D eigenvalue weighted by Crippen LogP contribution is 2.34. The van der Waals surface area contributed by atoms with Gasteiger partial charge in [0.25, 0.3) is 11.8 Å². The van der Waals surface area contributed by atoms with Crippen LogP contribution in [0.5, 0.6) is 5.75 Å². The molecule has 3 amide bonds. The normalized spacial score (nSPS) is 14.3. The molecule has 4 aromatic carbocycles. The van der Waals surface area contributed by atoms with E-state index in [1.807, 2.05) is 78.9 Å². The summed E-state index contributed by atoms with van der Waals surface area (Å²) < 4.78 is 7.50. The third-order valence-electron chi connectivity index (χ3n) is 7.54.